The Bertz CT molecular complexity index is 864. The molecule has 1 heterocycles. The lowest BCUT2D eigenvalue weighted by Gasteiger charge is -2.08. The highest BCUT2D eigenvalue weighted by molar-refractivity contribution is 5.80. The summed E-state index contributed by atoms with van der Waals surface area (Å²) in [4.78, 5) is 4.22. The number of hydrogen-bond acceptors (Lipinski definition) is 2. The van der Waals surface area contributed by atoms with Crippen molar-refractivity contribution < 1.29 is 22.0 Å². The number of aryl methyl sites for hydroxylation is 2. The normalized spacial score (nSPS) is 12.1. The third-order valence-electron chi connectivity index (χ3n) is 3.34. The van der Waals surface area contributed by atoms with Gasteiger partial charge in [0.15, 0.2) is 5.58 Å². The molecule has 0 bridgehead atoms. The predicted octanol–water partition coefficient (Wildman–Crippen LogP) is 5.27. The molecule has 0 aliphatic carbocycles. The van der Waals surface area contributed by atoms with Gasteiger partial charge in [-0.2, -0.15) is 13.2 Å². The third-order valence-corrected chi connectivity index (χ3v) is 3.34. The highest BCUT2D eigenvalue weighted by Gasteiger charge is 2.34. The van der Waals surface area contributed by atoms with E-state index in [2.05, 4.69) is 4.98 Å². The molecule has 0 saturated carbocycles. The first-order valence-electron chi connectivity index (χ1n) is 6.50. The predicted molar refractivity (Wildman–Crippen MR) is 73.9 cm³/mol. The average molecular weight is 309 g/mol. The standard InChI is InChI=1S/C16H11F4NO/c1-8-5-9(2)14-13(6-8)21-15(22-14)10-3-4-11(12(17)7-10)16(18,19)20/h3-7H,1-2H3. The fourth-order valence-electron chi connectivity index (χ4n) is 2.38. The van der Waals surface area contributed by atoms with Crippen LogP contribution in [0.3, 0.4) is 0 Å². The molecule has 22 heavy (non-hydrogen) atoms. The summed E-state index contributed by atoms with van der Waals surface area (Å²) in [6.07, 6.45) is -4.72. The fourth-order valence-corrected chi connectivity index (χ4v) is 2.38. The molecule has 0 radical (unpaired) electrons. The van der Waals surface area contributed by atoms with Gasteiger partial charge in [0.25, 0.3) is 0 Å². The van der Waals surface area contributed by atoms with Gasteiger partial charge < -0.3 is 4.42 Å². The monoisotopic (exact) mass is 309 g/mol. The van der Waals surface area contributed by atoms with Crippen LogP contribution in [0.2, 0.25) is 0 Å². The molecule has 0 amide bonds. The molecule has 0 aliphatic rings. The Hall–Kier alpha value is -2.37. The molecular weight excluding hydrogens is 298 g/mol. The summed E-state index contributed by atoms with van der Waals surface area (Å²) in [7, 11) is 0. The quantitative estimate of drug-likeness (QED) is 0.572. The van der Waals surface area contributed by atoms with Crippen LogP contribution in [0.15, 0.2) is 34.7 Å². The Kier molecular flexibility index (Phi) is 3.20. The molecule has 2 nitrogen and oxygen atoms in total. The molecule has 0 atom stereocenters. The van der Waals surface area contributed by atoms with Gasteiger partial charge in [0.05, 0.1) is 5.56 Å². The summed E-state index contributed by atoms with van der Waals surface area (Å²) in [6, 6.07) is 6.34. The zero-order chi connectivity index (χ0) is 16.1. The van der Waals surface area contributed by atoms with Gasteiger partial charge in [0.2, 0.25) is 5.89 Å². The lowest BCUT2D eigenvalue weighted by molar-refractivity contribution is -0.139. The lowest BCUT2D eigenvalue weighted by Crippen LogP contribution is -2.07. The molecule has 114 valence electrons. The van der Waals surface area contributed by atoms with Crippen LogP contribution in [0, 0.1) is 19.7 Å². The molecule has 0 spiro atoms. The second-order valence-corrected chi connectivity index (χ2v) is 5.14. The summed E-state index contributed by atoms with van der Waals surface area (Å²) >= 11 is 0. The average Bonchev–Trinajstić information content (AvgIpc) is 2.81. The molecule has 0 saturated heterocycles. The third kappa shape index (κ3) is 2.45. The van der Waals surface area contributed by atoms with Gasteiger partial charge in [0, 0.05) is 5.56 Å². The van der Waals surface area contributed by atoms with E-state index >= 15 is 0 Å². The van der Waals surface area contributed by atoms with Crippen LogP contribution in [-0.2, 0) is 6.18 Å². The van der Waals surface area contributed by atoms with Crippen molar-refractivity contribution >= 4 is 11.1 Å². The molecule has 2 aromatic carbocycles. The SMILES string of the molecule is Cc1cc(C)c2oc(-c3ccc(C(F)(F)F)c(F)c3)nc2c1. The van der Waals surface area contributed by atoms with Gasteiger partial charge in [-0.1, -0.05) is 6.07 Å². The molecule has 3 rings (SSSR count). The minimum Gasteiger partial charge on any atom is -0.436 e. The summed E-state index contributed by atoms with van der Waals surface area (Å²) in [5.74, 6) is -1.25. The first-order valence-corrected chi connectivity index (χ1v) is 6.50. The van der Waals surface area contributed by atoms with E-state index in [1.165, 1.54) is 0 Å². The highest BCUT2D eigenvalue weighted by atomic mass is 19.4. The molecule has 0 N–H and O–H groups in total. The van der Waals surface area contributed by atoms with Crippen molar-refractivity contribution in [1.82, 2.24) is 4.98 Å². The van der Waals surface area contributed by atoms with Crippen LogP contribution in [0.5, 0.6) is 0 Å². The summed E-state index contributed by atoms with van der Waals surface area (Å²) in [6.45, 7) is 3.75. The van der Waals surface area contributed by atoms with E-state index in [9.17, 15) is 17.6 Å². The maximum Gasteiger partial charge on any atom is 0.419 e. The van der Waals surface area contributed by atoms with E-state index in [-0.39, 0.29) is 11.5 Å². The van der Waals surface area contributed by atoms with E-state index in [1.54, 1.807) is 6.07 Å². The van der Waals surface area contributed by atoms with E-state index in [0.717, 1.165) is 23.3 Å². The van der Waals surface area contributed by atoms with Crippen LogP contribution in [0.1, 0.15) is 16.7 Å². The van der Waals surface area contributed by atoms with Crippen molar-refractivity contribution in [2.75, 3.05) is 0 Å². The van der Waals surface area contributed by atoms with E-state index in [1.807, 2.05) is 19.9 Å². The van der Waals surface area contributed by atoms with Crippen LogP contribution in [0.4, 0.5) is 17.6 Å². The number of hydrogen-bond donors (Lipinski definition) is 0. The van der Waals surface area contributed by atoms with Gasteiger partial charge in [-0.15, -0.1) is 0 Å². The zero-order valence-electron chi connectivity index (χ0n) is 11.8. The maximum atomic E-state index is 13.6. The minimum atomic E-state index is -4.72. The Morgan fingerprint density at radius 3 is 2.41 bits per heavy atom. The number of rotatable bonds is 1. The van der Waals surface area contributed by atoms with Gasteiger partial charge in [-0.05, 0) is 49.2 Å². The number of aromatic nitrogens is 1. The van der Waals surface area contributed by atoms with Crippen molar-refractivity contribution in [3.8, 4) is 11.5 Å². The number of oxazole rings is 1. The van der Waals surface area contributed by atoms with Gasteiger partial charge in [-0.25, -0.2) is 9.37 Å². The molecule has 1 aromatic heterocycles. The maximum absolute atomic E-state index is 13.6. The number of alkyl halides is 3. The van der Waals surface area contributed by atoms with Gasteiger partial charge in [-0.3, -0.25) is 0 Å². The summed E-state index contributed by atoms with van der Waals surface area (Å²) in [5, 5.41) is 0. The van der Waals surface area contributed by atoms with E-state index in [0.29, 0.717) is 17.2 Å². The fraction of sp³-hybridized carbons (Fsp3) is 0.188. The van der Waals surface area contributed by atoms with E-state index in [4.69, 9.17) is 4.42 Å². The summed E-state index contributed by atoms with van der Waals surface area (Å²) < 4.78 is 56.9. The Morgan fingerprint density at radius 2 is 1.77 bits per heavy atom. The van der Waals surface area contributed by atoms with Crippen LogP contribution in [0.25, 0.3) is 22.6 Å². The van der Waals surface area contributed by atoms with Crippen molar-refractivity contribution in [2.24, 2.45) is 0 Å². The Morgan fingerprint density at radius 1 is 1.05 bits per heavy atom. The van der Waals surface area contributed by atoms with Crippen molar-refractivity contribution in [1.29, 1.82) is 0 Å². The highest BCUT2D eigenvalue weighted by Crippen LogP contribution is 2.34. The van der Waals surface area contributed by atoms with Crippen LogP contribution < -0.4 is 0 Å². The van der Waals surface area contributed by atoms with Crippen molar-refractivity contribution in [3.63, 3.8) is 0 Å². The lowest BCUT2D eigenvalue weighted by atomic mass is 10.1. The van der Waals surface area contributed by atoms with Crippen LogP contribution in [-0.4, -0.2) is 4.98 Å². The molecule has 0 fully saturated rings. The first-order chi connectivity index (χ1) is 10.3. The molecule has 6 heteroatoms. The number of benzene rings is 2. The molecule has 0 unspecified atom stereocenters. The number of halogens is 4. The van der Waals surface area contributed by atoms with Gasteiger partial charge in [0.1, 0.15) is 11.3 Å². The minimum absolute atomic E-state index is 0.0938. The first kappa shape index (κ1) is 14.6. The van der Waals surface area contributed by atoms with Crippen molar-refractivity contribution in [3.05, 3.63) is 52.8 Å². The van der Waals surface area contributed by atoms with Gasteiger partial charge >= 0.3 is 6.18 Å². The van der Waals surface area contributed by atoms with Crippen LogP contribution >= 0.6 is 0 Å². The zero-order valence-corrected chi connectivity index (χ0v) is 11.8. The molecular formula is C16H11F4NO. The second kappa shape index (κ2) is 4.83. The number of nitrogens with zero attached hydrogens (tertiary/aromatic N) is 1. The summed E-state index contributed by atoms with van der Waals surface area (Å²) in [5.41, 5.74) is 1.84. The van der Waals surface area contributed by atoms with E-state index < -0.39 is 17.6 Å². The Labute approximate surface area is 123 Å². The smallest absolute Gasteiger partial charge is 0.419 e. The number of fused-ring (bicyclic) bond motifs is 1. The second-order valence-electron chi connectivity index (χ2n) is 5.14. The molecule has 3 aromatic rings. The Balaban J connectivity index is 2.12. The largest absolute Gasteiger partial charge is 0.436 e. The van der Waals surface area contributed by atoms with Crippen molar-refractivity contribution in [2.45, 2.75) is 20.0 Å². The molecule has 0 aliphatic heterocycles. The topological polar surface area (TPSA) is 26.0 Å².